The highest BCUT2D eigenvalue weighted by molar-refractivity contribution is 6.00. The van der Waals surface area contributed by atoms with Crippen molar-refractivity contribution < 1.29 is 51.2 Å². The Labute approximate surface area is 780 Å². The first-order chi connectivity index (χ1) is 65.5. The van der Waals surface area contributed by atoms with Gasteiger partial charge in [0.15, 0.2) is 11.3 Å². The molecule has 0 saturated heterocycles. The molecule has 28 nitrogen and oxygen atoms in total. The van der Waals surface area contributed by atoms with Gasteiger partial charge in [0, 0.05) is 110 Å². The van der Waals surface area contributed by atoms with Crippen LogP contribution in [0.1, 0.15) is 223 Å². The number of rotatable bonds is 40. The molecule has 0 radical (unpaired) electrons. The second-order valence-corrected chi connectivity index (χ2v) is 35.2. The number of amides is 2. The second-order valence-electron chi connectivity index (χ2n) is 35.2. The lowest BCUT2D eigenvalue weighted by atomic mass is 9.91. The molecule has 12 aromatic rings. The number of nitrogens with one attached hydrogen (secondary N) is 8. The number of benzene rings is 2. The van der Waals surface area contributed by atoms with E-state index in [2.05, 4.69) is 124 Å². The summed E-state index contributed by atoms with van der Waals surface area (Å²) in [4.78, 5) is 136. The van der Waals surface area contributed by atoms with Crippen LogP contribution in [0.15, 0.2) is 159 Å². The Morgan fingerprint density at radius 3 is 1.12 bits per heavy atom. The number of Topliss-reactive ketones (excluding diaryl/α,β-unsaturated/α-hetero) is 2. The average molecular weight is 1810 g/mol. The Bertz CT molecular complexity index is 7030. The zero-order valence-electron chi connectivity index (χ0n) is 79.2. The van der Waals surface area contributed by atoms with Gasteiger partial charge in [0.2, 0.25) is 11.8 Å². The van der Waals surface area contributed by atoms with Gasteiger partial charge in [0.25, 0.3) is 0 Å². The topological polar surface area (TPSA) is 435 Å². The molecule has 4 aliphatic rings. The summed E-state index contributed by atoms with van der Waals surface area (Å²) in [6.45, 7) is 18.2. The molecule has 14 heterocycles. The van der Waals surface area contributed by atoms with Crippen molar-refractivity contribution in [3.8, 4) is 11.5 Å². The van der Waals surface area contributed by atoms with Gasteiger partial charge in [-0.05, 0) is 344 Å². The van der Waals surface area contributed by atoms with E-state index in [0.717, 1.165) is 188 Å². The van der Waals surface area contributed by atoms with E-state index < -0.39 is 30.1 Å². The third kappa shape index (κ3) is 24.1. The van der Waals surface area contributed by atoms with E-state index >= 15 is 0 Å². The SMILES string of the molecule is CC1=C(CCC(=O)O)c2cc3nc(cc4[nH]c(cc4C)cc4[nH]c(cc1n2)cc4C)C(C)=C3CCC(=O)C[C@@H](CCCCN)C(=O)NCCOc1ccc(CCc2cnc3nc[nH]c3c2)cc1.[2H]C([2H])(Cc1cnc2nc[nH]c2c1)c1ccc(OCCNC(=O)[C@H](CCCCN)CC(=O)CCC2=C(C)c3cc4[nH]c(cc4C)cc4[nH]c(cc5nc(cc2n3)C(CCC(=O)O)=C5C)cc4C)cc1. The zero-order chi connectivity index (χ0) is 95.8. The number of allylic oxidation sites excluding steroid dienone is 8. The van der Waals surface area contributed by atoms with Gasteiger partial charge in [-0.25, -0.2) is 39.9 Å². The van der Waals surface area contributed by atoms with Crippen molar-refractivity contribution in [2.45, 2.75) is 184 Å². The smallest absolute Gasteiger partial charge is 0.303 e. The minimum atomic E-state index is -1.65. The number of hydrogen-bond acceptors (Lipinski definition) is 18. The molecule has 0 saturated carbocycles. The Morgan fingerprint density at radius 1 is 0.381 bits per heavy atom. The number of unbranched alkanes of at least 4 members (excludes halogenated alkanes) is 2. The fourth-order valence-corrected chi connectivity index (χ4v) is 17.6. The van der Waals surface area contributed by atoms with Crippen molar-refractivity contribution in [3.63, 3.8) is 0 Å². The van der Waals surface area contributed by atoms with Gasteiger partial charge in [-0.15, -0.1) is 0 Å². The number of nitrogens with two attached hydrogens (primary N) is 2. The summed E-state index contributed by atoms with van der Waals surface area (Å²) in [6.07, 6.45) is 12.8. The van der Waals surface area contributed by atoms with Gasteiger partial charge in [-0.3, -0.25) is 28.8 Å². The second kappa shape index (κ2) is 43.8. The van der Waals surface area contributed by atoms with Crippen LogP contribution in [0, 0.1) is 39.5 Å². The lowest BCUT2D eigenvalue weighted by molar-refractivity contribution is -0.137. The van der Waals surface area contributed by atoms with Gasteiger partial charge in [0.1, 0.15) is 36.3 Å². The molecule has 4 aliphatic heterocycles. The summed E-state index contributed by atoms with van der Waals surface area (Å²) < 4.78 is 29.3. The van der Waals surface area contributed by atoms with Crippen LogP contribution in [0.3, 0.4) is 0 Å². The number of fused-ring (bicyclic) bond motifs is 18. The van der Waals surface area contributed by atoms with Gasteiger partial charge < -0.3 is 71.7 Å². The van der Waals surface area contributed by atoms with Crippen molar-refractivity contribution >= 4 is 146 Å². The van der Waals surface area contributed by atoms with E-state index in [-0.39, 0.29) is 88.1 Å². The summed E-state index contributed by atoms with van der Waals surface area (Å²) in [5.74, 6) is -2.02. The first kappa shape index (κ1) is 91.5. The number of ether oxygens (including phenoxy) is 2. The predicted octanol–water partition coefficient (Wildman–Crippen LogP) is 18.8. The standard InChI is InChI=1S/2C53H59N9O5/c2*1-31-21-39-26-46-33(3)43(16-17-51(64)65)49(61-46)28-48-42(34(4)47(62-48)27-45-32(2)22-38(60-45)25-44(31)59-39)15-12-40(63)24-37(7-5-6-18-54)53(66)55-19-20-67-41-13-10-35(11-14-41)8-9-36-23-50-52(56-29-36)58-30-57-50/h2*10-11,13-14,21-23,25-30,37,59-60H,5-9,12,15-20,24,54H2,1-4H3,(H,55,66)(H,64,65)(H,56,57,58)/t2*37-/m11/s1/i8D2;. The van der Waals surface area contributed by atoms with Crippen LogP contribution < -0.4 is 31.6 Å². The van der Waals surface area contributed by atoms with Crippen molar-refractivity contribution in [1.82, 2.24) is 80.4 Å². The summed E-state index contributed by atoms with van der Waals surface area (Å²) in [6, 6.07) is 43.2. The first-order valence-corrected chi connectivity index (χ1v) is 46.2. The number of aromatic amines is 6. The molecule has 2 aromatic carbocycles. The summed E-state index contributed by atoms with van der Waals surface area (Å²) in [5.41, 5.74) is 42.7. The summed E-state index contributed by atoms with van der Waals surface area (Å²) in [7, 11) is 0. The fraction of sp³-hybridized carbons (Fsp3) is 0.340. The molecule has 10 aromatic heterocycles. The van der Waals surface area contributed by atoms with Crippen molar-refractivity contribution in [2.75, 3.05) is 39.4 Å². The monoisotopic (exact) mass is 1800 g/mol. The number of carbonyl (C=O) groups is 6. The van der Waals surface area contributed by atoms with Gasteiger partial charge in [-0.2, -0.15) is 0 Å². The molecule has 28 heteroatoms. The van der Waals surface area contributed by atoms with E-state index in [1.807, 2.05) is 108 Å². The number of carbonyl (C=O) groups excluding carboxylic acids is 4. The molecular weight excluding hydrogens is 1690 g/mol. The number of carboxylic acid groups (broad SMARTS) is 2. The molecule has 692 valence electrons. The molecule has 0 aliphatic carbocycles. The number of aryl methyl sites for hydroxylation is 8. The van der Waals surface area contributed by atoms with E-state index in [9.17, 15) is 39.0 Å². The average Bonchev–Trinajstić information content (AvgIpc) is 1.62. The molecule has 16 bridgehead atoms. The number of imidazole rings is 2. The third-order valence-corrected chi connectivity index (χ3v) is 25.3. The number of carboxylic acids is 2. The van der Waals surface area contributed by atoms with E-state index in [1.165, 1.54) is 5.56 Å². The predicted molar refractivity (Wildman–Crippen MR) is 528 cm³/mol. The molecule has 0 fully saturated rings. The number of pyridine rings is 2. The Morgan fingerprint density at radius 2 is 0.731 bits per heavy atom. The normalized spacial score (nSPS) is 13.4. The van der Waals surface area contributed by atoms with Crippen LogP contribution in [0.25, 0.3) is 111 Å². The number of hydrogen-bond donors (Lipinski definition) is 12. The lowest BCUT2D eigenvalue weighted by Gasteiger charge is -2.17. The Kier molecular flexibility index (Phi) is 29.9. The lowest BCUT2D eigenvalue weighted by Crippen LogP contribution is -2.35. The highest BCUT2D eigenvalue weighted by Crippen LogP contribution is 2.41. The number of aromatic nitrogens is 14. The van der Waals surface area contributed by atoms with Gasteiger partial charge in [0.05, 0.1) is 82.3 Å². The van der Waals surface area contributed by atoms with Gasteiger partial charge >= 0.3 is 11.9 Å². The van der Waals surface area contributed by atoms with E-state index in [4.69, 9.17) is 43.6 Å². The van der Waals surface area contributed by atoms with Crippen molar-refractivity contribution in [2.24, 2.45) is 23.3 Å². The number of aliphatic carboxylic acids is 2. The Hall–Kier alpha value is -14.4. The molecule has 134 heavy (non-hydrogen) atoms. The minimum absolute atomic E-state index is 0.0139. The molecule has 16 rings (SSSR count). The van der Waals surface area contributed by atoms with E-state index in [1.54, 1.807) is 43.1 Å². The first-order valence-electron chi connectivity index (χ1n) is 47.2. The number of ketones is 2. The van der Waals surface area contributed by atoms with Crippen LogP contribution >= 0.6 is 0 Å². The van der Waals surface area contributed by atoms with E-state index in [0.29, 0.717) is 116 Å². The molecule has 14 N–H and O–H groups in total. The molecule has 0 unspecified atom stereocenters. The molecule has 2 amide bonds. The number of H-pyrrole nitrogens is 6. The molecular formula is C106H118N18O10. The Balaban J connectivity index is 0.000000207. The maximum absolute atomic E-state index is 13.9. The highest BCUT2D eigenvalue weighted by atomic mass is 16.5. The fourth-order valence-electron chi connectivity index (χ4n) is 17.6. The van der Waals surface area contributed by atoms with Crippen LogP contribution in [0.2, 0.25) is 0 Å². The summed E-state index contributed by atoms with van der Waals surface area (Å²) in [5, 5.41) is 25.3. The quantitative estimate of drug-likeness (QED) is 0.0159. The van der Waals surface area contributed by atoms with Crippen molar-refractivity contribution in [3.05, 3.63) is 249 Å². The third-order valence-electron chi connectivity index (χ3n) is 25.3. The molecule has 2 atom stereocenters. The van der Waals surface area contributed by atoms with Crippen LogP contribution in [-0.4, -0.2) is 155 Å². The molecule has 0 spiro atoms. The number of nitrogens with zero attached hydrogens (tertiary/aromatic N) is 8. The zero-order valence-corrected chi connectivity index (χ0v) is 77.2. The highest BCUT2D eigenvalue weighted by Gasteiger charge is 2.29. The van der Waals surface area contributed by atoms with Crippen LogP contribution in [0.5, 0.6) is 11.5 Å². The van der Waals surface area contributed by atoms with Crippen LogP contribution in [-0.2, 0) is 54.4 Å². The van der Waals surface area contributed by atoms with Gasteiger partial charge in [-0.1, -0.05) is 37.1 Å². The maximum atomic E-state index is 13.9. The maximum Gasteiger partial charge on any atom is 0.303 e. The van der Waals surface area contributed by atoms with Crippen LogP contribution in [0.4, 0.5) is 0 Å². The van der Waals surface area contributed by atoms with Crippen molar-refractivity contribution in [1.29, 1.82) is 0 Å². The largest absolute Gasteiger partial charge is 0.492 e. The summed E-state index contributed by atoms with van der Waals surface area (Å²) >= 11 is 0. The minimum Gasteiger partial charge on any atom is -0.492 e.